The zero-order valence-electron chi connectivity index (χ0n) is 12.6. The van der Waals surface area contributed by atoms with Crippen LogP contribution in [0.25, 0.3) is 0 Å². The predicted octanol–water partition coefficient (Wildman–Crippen LogP) is 3.63. The molecule has 0 saturated heterocycles. The number of ketones is 1. The molecule has 0 bridgehead atoms. The molecule has 1 aliphatic heterocycles. The van der Waals surface area contributed by atoms with Crippen molar-refractivity contribution < 1.29 is 9.21 Å². The third kappa shape index (κ3) is 2.91. The minimum Gasteiger partial charge on any atom is -0.465 e. The van der Waals surface area contributed by atoms with E-state index in [1.54, 1.807) is 11.8 Å². The lowest BCUT2D eigenvalue weighted by molar-refractivity contribution is -0.113. The second-order valence-corrected chi connectivity index (χ2v) is 6.16. The summed E-state index contributed by atoms with van der Waals surface area (Å²) in [7, 11) is 0. The highest BCUT2D eigenvalue weighted by Crippen LogP contribution is 2.41. The van der Waals surface area contributed by atoms with Crippen molar-refractivity contribution in [2.45, 2.75) is 33.6 Å². The number of allylic oxidation sites excluding steroid dienone is 3. The summed E-state index contributed by atoms with van der Waals surface area (Å²) in [6.45, 7) is 7.27. The monoisotopic (exact) mass is 302 g/mol. The fourth-order valence-corrected chi connectivity index (χ4v) is 3.36. The highest BCUT2D eigenvalue weighted by atomic mass is 32.2. The molecule has 1 aromatic heterocycles. The first-order valence-electron chi connectivity index (χ1n) is 6.81. The van der Waals surface area contributed by atoms with Crippen LogP contribution in [0.4, 0.5) is 0 Å². The lowest BCUT2D eigenvalue weighted by atomic mass is 9.84. The van der Waals surface area contributed by atoms with Gasteiger partial charge in [0, 0.05) is 11.3 Å². The van der Waals surface area contributed by atoms with E-state index in [1.165, 1.54) is 6.92 Å². The van der Waals surface area contributed by atoms with Gasteiger partial charge in [-0.25, -0.2) is 0 Å². The Bertz CT molecular complexity index is 677. The van der Waals surface area contributed by atoms with E-state index in [9.17, 15) is 10.1 Å². The normalized spacial score (nSPS) is 18.5. The van der Waals surface area contributed by atoms with Gasteiger partial charge in [-0.05, 0) is 38.7 Å². The quantitative estimate of drug-likeness (QED) is 0.920. The van der Waals surface area contributed by atoms with Crippen molar-refractivity contribution >= 4 is 17.5 Å². The summed E-state index contributed by atoms with van der Waals surface area (Å²) in [6.07, 6.45) is 0. The molecule has 1 N–H and O–H groups in total. The van der Waals surface area contributed by atoms with Crippen LogP contribution in [0.5, 0.6) is 0 Å². The number of hydrogen-bond donors (Lipinski definition) is 1. The fraction of sp³-hybridized carbons (Fsp3) is 0.375. The van der Waals surface area contributed by atoms with Crippen LogP contribution in [0, 0.1) is 18.3 Å². The Morgan fingerprint density at radius 2 is 2.19 bits per heavy atom. The number of carbonyl (C=O) groups is 1. The summed E-state index contributed by atoms with van der Waals surface area (Å²) < 4.78 is 5.70. The lowest BCUT2D eigenvalue weighted by Crippen LogP contribution is -2.26. The zero-order chi connectivity index (χ0) is 15.6. The molecule has 4 nitrogen and oxygen atoms in total. The van der Waals surface area contributed by atoms with Crippen molar-refractivity contribution in [1.82, 2.24) is 5.32 Å². The van der Waals surface area contributed by atoms with Crippen molar-refractivity contribution in [3.05, 3.63) is 45.5 Å². The second kappa shape index (κ2) is 6.23. The topological polar surface area (TPSA) is 66.0 Å². The minimum atomic E-state index is -0.420. The second-order valence-electron chi connectivity index (χ2n) is 4.89. The van der Waals surface area contributed by atoms with Gasteiger partial charge in [-0.3, -0.25) is 4.79 Å². The maximum Gasteiger partial charge on any atom is 0.158 e. The summed E-state index contributed by atoms with van der Waals surface area (Å²) >= 11 is 1.57. The Labute approximate surface area is 128 Å². The molecule has 0 fully saturated rings. The molecular weight excluding hydrogens is 284 g/mol. The van der Waals surface area contributed by atoms with Gasteiger partial charge in [0.05, 0.1) is 22.6 Å². The molecule has 2 rings (SSSR count). The maximum atomic E-state index is 12.0. The summed E-state index contributed by atoms with van der Waals surface area (Å²) in [4.78, 5) is 12.0. The molecule has 21 heavy (non-hydrogen) atoms. The number of nitrogens with zero attached hydrogens (tertiary/aromatic N) is 1. The minimum absolute atomic E-state index is 0.0487. The first-order chi connectivity index (χ1) is 9.99. The Balaban J connectivity index is 2.62. The van der Waals surface area contributed by atoms with Gasteiger partial charge >= 0.3 is 0 Å². The number of nitriles is 1. The maximum absolute atomic E-state index is 12.0. The summed E-state index contributed by atoms with van der Waals surface area (Å²) in [6, 6.07) is 5.95. The molecule has 0 aromatic carbocycles. The third-order valence-electron chi connectivity index (χ3n) is 3.36. The van der Waals surface area contributed by atoms with Gasteiger partial charge in [-0.2, -0.15) is 5.26 Å². The van der Waals surface area contributed by atoms with Gasteiger partial charge in [0.25, 0.3) is 0 Å². The average molecular weight is 302 g/mol. The van der Waals surface area contributed by atoms with Crippen LogP contribution in [-0.4, -0.2) is 11.5 Å². The molecule has 1 atom stereocenters. The predicted molar refractivity (Wildman–Crippen MR) is 83.5 cm³/mol. The third-order valence-corrected chi connectivity index (χ3v) is 4.26. The molecule has 1 aromatic rings. The van der Waals surface area contributed by atoms with Crippen LogP contribution in [0.3, 0.4) is 0 Å². The first-order valence-corrected chi connectivity index (χ1v) is 7.80. The average Bonchev–Trinajstić information content (AvgIpc) is 2.84. The first kappa shape index (κ1) is 15.5. The van der Waals surface area contributed by atoms with Gasteiger partial charge in [0.15, 0.2) is 5.78 Å². The lowest BCUT2D eigenvalue weighted by Gasteiger charge is -2.27. The molecule has 0 radical (unpaired) electrons. The van der Waals surface area contributed by atoms with E-state index in [1.807, 2.05) is 32.9 Å². The van der Waals surface area contributed by atoms with Crippen molar-refractivity contribution in [3.63, 3.8) is 0 Å². The van der Waals surface area contributed by atoms with Gasteiger partial charge < -0.3 is 9.73 Å². The van der Waals surface area contributed by atoms with E-state index in [-0.39, 0.29) is 5.78 Å². The van der Waals surface area contributed by atoms with E-state index in [0.717, 1.165) is 22.2 Å². The van der Waals surface area contributed by atoms with Gasteiger partial charge in [-0.15, -0.1) is 11.8 Å². The van der Waals surface area contributed by atoms with Crippen LogP contribution < -0.4 is 5.32 Å². The van der Waals surface area contributed by atoms with Crippen molar-refractivity contribution in [2.75, 3.05) is 5.75 Å². The molecular formula is C16H18N2O2S. The largest absolute Gasteiger partial charge is 0.465 e. The number of Topliss-reactive ketones (excluding diaryl/α,β-unsaturated/α-hetero) is 1. The van der Waals surface area contributed by atoms with Crippen LogP contribution in [0.1, 0.15) is 38.2 Å². The Morgan fingerprint density at radius 3 is 2.67 bits per heavy atom. The van der Waals surface area contributed by atoms with E-state index < -0.39 is 5.92 Å². The van der Waals surface area contributed by atoms with Crippen molar-refractivity contribution in [2.24, 2.45) is 0 Å². The zero-order valence-corrected chi connectivity index (χ0v) is 13.4. The van der Waals surface area contributed by atoms with Crippen molar-refractivity contribution in [1.29, 1.82) is 5.26 Å². The molecule has 0 amide bonds. The number of dihydropyridines is 1. The van der Waals surface area contributed by atoms with Gasteiger partial charge in [0.1, 0.15) is 11.5 Å². The highest BCUT2D eigenvalue weighted by molar-refractivity contribution is 8.03. The van der Waals surface area contributed by atoms with E-state index in [4.69, 9.17) is 4.42 Å². The molecule has 110 valence electrons. The number of thioether (sulfide) groups is 1. The van der Waals surface area contributed by atoms with Crippen molar-refractivity contribution in [3.8, 4) is 6.07 Å². The Hall–Kier alpha value is -1.93. The molecule has 2 heterocycles. The number of hydrogen-bond acceptors (Lipinski definition) is 5. The molecule has 5 heteroatoms. The number of furan rings is 1. The van der Waals surface area contributed by atoms with Gasteiger partial charge in [-0.1, -0.05) is 6.92 Å². The SMILES string of the molecule is CCSC1=C(C#N)C(c2ccc(C)o2)C(C(C)=O)=C(C)N1. The number of carbonyl (C=O) groups excluding carboxylic acids is 1. The van der Waals surface area contributed by atoms with Gasteiger partial charge in [0.2, 0.25) is 0 Å². The van der Waals surface area contributed by atoms with Crippen LogP contribution in [0.2, 0.25) is 0 Å². The summed E-state index contributed by atoms with van der Waals surface area (Å²) in [5, 5.41) is 13.6. The van der Waals surface area contributed by atoms with E-state index >= 15 is 0 Å². The van der Waals surface area contributed by atoms with Crippen LogP contribution >= 0.6 is 11.8 Å². The molecule has 0 spiro atoms. The molecule has 0 saturated carbocycles. The van der Waals surface area contributed by atoms with Crippen LogP contribution in [-0.2, 0) is 4.79 Å². The standard InChI is InChI=1S/C16H18N2O2S/c1-5-21-16-12(8-17)15(13-7-6-9(2)20-13)14(11(4)19)10(3)18-16/h6-7,15,18H,5H2,1-4H3. The van der Waals surface area contributed by atoms with E-state index in [0.29, 0.717) is 16.9 Å². The van der Waals surface area contributed by atoms with Crippen LogP contribution in [0.15, 0.2) is 38.4 Å². The molecule has 1 aliphatic rings. The molecule has 1 unspecified atom stereocenters. The summed E-state index contributed by atoms with van der Waals surface area (Å²) in [5.41, 5.74) is 1.94. The Morgan fingerprint density at radius 1 is 1.48 bits per heavy atom. The van der Waals surface area contributed by atoms with E-state index in [2.05, 4.69) is 11.4 Å². The Kier molecular flexibility index (Phi) is 4.59. The number of aryl methyl sites for hydroxylation is 1. The number of nitrogens with one attached hydrogen (secondary N) is 1. The molecule has 0 aliphatic carbocycles. The summed E-state index contributed by atoms with van der Waals surface area (Å²) in [5.74, 6) is 1.79. The fourth-order valence-electron chi connectivity index (χ4n) is 2.53. The number of rotatable bonds is 4. The smallest absolute Gasteiger partial charge is 0.158 e. The highest BCUT2D eigenvalue weighted by Gasteiger charge is 2.34.